The Labute approximate surface area is 277 Å². The van der Waals surface area contributed by atoms with E-state index in [0.29, 0.717) is 43.9 Å². The van der Waals surface area contributed by atoms with E-state index in [9.17, 15) is 37.5 Å². The molecule has 4 heterocycles. The molecule has 1 N–H and O–H groups in total. The van der Waals surface area contributed by atoms with Crippen molar-refractivity contribution in [2.45, 2.75) is 26.6 Å². The molecule has 0 radical (unpaired) electrons. The Kier molecular flexibility index (Phi) is 8.36. The third-order valence-corrected chi connectivity index (χ3v) is 8.82. The van der Waals surface area contributed by atoms with Gasteiger partial charge in [0.15, 0.2) is 0 Å². The van der Waals surface area contributed by atoms with E-state index in [2.05, 4.69) is 15.0 Å². The highest BCUT2D eigenvalue weighted by Gasteiger charge is 2.37. The normalized spacial score (nSPS) is 11.6. The standard InChI is InChI=1S/C33H20ClF4N5O4S/c1-15-9-19(30-29(41-15)22(14-48-30)32(45)46)18-10-17(34)3-4-26(18)47-8-7-43-16(2)42-25-11-23(33(36,37)38)27(20(12-39)28(25)31(43)44)21-13-40-6-5-24(21)35/h3-6,9-11,13-14H,7-8H2,1-2H3,(H,45,46). The number of carboxylic acids is 1. The monoisotopic (exact) mass is 693 g/mol. The van der Waals surface area contributed by atoms with Crippen LogP contribution in [0.3, 0.4) is 0 Å². The second-order valence-electron chi connectivity index (χ2n) is 10.6. The zero-order valence-electron chi connectivity index (χ0n) is 24.8. The number of carbonyl (C=O) groups is 1. The molecular weight excluding hydrogens is 674 g/mol. The molecule has 6 aromatic rings. The molecule has 0 aliphatic rings. The van der Waals surface area contributed by atoms with Crippen LogP contribution in [0.2, 0.25) is 5.02 Å². The summed E-state index contributed by atoms with van der Waals surface area (Å²) in [6.45, 7) is 2.88. The average Bonchev–Trinajstić information content (AvgIpc) is 3.46. The lowest BCUT2D eigenvalue weighted by molar-refractivity contribution is -0.137. The Morgan fingerprint density at radius 3 is 2.58 bits per heavy atom. The summed E-state index contributed by atoms with van der Waals surface area (Å²) >= 11 is 7.53. The number of aromatic carboxylic acids is 1. The molecule has 9 nitrogen and oxygen atoms in total. The van der Waals surface area contributed by atoms with E-state index < -0.39 is 51.2 Å². The van der Waals surface area contributed by atoms with Gasteiger partial charge in [-0.05, 0) is 50.2 Å². The SMILES string of the molecule is Cc1cc(-c2cc(Cl)ccc2OCCn2c(C)nc3cc(C(F)(F)F)c(-c4cnccc4F)c(C#N)c3c2=O)c2scc(C(=O)O)c2n1. The zero-order valence-corrected chi connectivity index (χ0v) is 26.4. The first-order chi connectivity index (χ1) is 22.8. The Morgan fingerprint density at radius 2 is 1.90 bits per heavy atom. The molecule has 4 aromatic heterocycles. The van der Waals surface area contributed by atoms with E-state index in [1.54, 1.807) is 37.3 Å². The van der Waals surface area contributed by atoms with Crippen LogP contribution in [0.5, 0.6) is 5.75 Å². The number of hydrogen-bond acceptors (Lipinski definition) is 8. The predicted octanol–water partition coefficient (Wildman–Crippen LogP) is 7.81. The lowest BCUT2D eigenvalue weighted by Crippen LogP contribution is -2.27. The van der Waals surface area contributed by atoms with Crippen molar-refractivity contribution in [2.75, 3.05) is 6.61 Å². The first kappa shape index (κ1) is 32.5. The first-order valence-corrected chi connectivity index (χ1v) is 15.3. The molecule has 0 aliphatic heterocycles. The number of thiophene rings is 1. The fourth-order valence-electron chi connectivity index (χ4n) is 5.50. The van der Waals surface area contributed by atoms with Crippen molar-refractivity contribution in [1.82, 2.24) is 19.5 Å². The van der Waals surface area contributed by atoms with E-state index in [1.807, 2.05) is 0 Å². The smallest absolute Gasteiger partial charge is 0.417 e. The van der Waals surface area contributed by atoms with Crippen LogP contribution in [-0.2, 0) is 12.7 Å². The summed E-state index contributed by atoms with van der Waals surface area (Å²) in [6.07, 6.45) is -3.10. The van der Waals surface area contributed by atoms with Gasteiger partial charge in [0, 0.05) is 50.7 Å². The molecule has 0 unspecified atom stereocenters. The molecule has 6 rings (SSSR count). The molecule has 0 spiro atoms. The Bertz CT molecular complexity index is 2400. The third-order valence-electron chi connectivity index (χ3n) is 7.58. The van der Waals surface area contributed by atoms with Gasteiger partial charge in [0.05, 0.1) is 44.4 Å². The van der Waals surface area contributed by atoms with Gasteiger partial charge in [0.1, 0.15) is 30.1 Å². The van der Waals surface area contributed by atoms with Crippen LogP contribution in [0, 0.1) is 31.0 Å². The van der Waals surface area contributed by atoms with Crippen LogP contribution in [-0.4, -0.2) is 37.2 Å². The Hall–Kier alpha value is -5.39. The molecule has 0 atom stereocenters. The predicted molar refractivity (Wildman–Crippen MR) is 171 cm³/mol. The number of aromatic nitrogens is 4. The maximum absolute atomic E-state index is 14.8. The van der Waals surface area contributed by atoms with Crippen molar-refractivity contribution < 1.29 is 32.2 Å². The van der Waals surface area contributed by atoms with Crippen LogP contribution in [0.25, 0.3) is 43.4 Å². The minimum absolute atomic E-state index is 0.0519. The number of aryl methyl sites for hydroxylation is 2. The number of rotatable bonds is 7. The van der Waals surface area contributed by atoms with Gasteiger partial charge >= 0.3 is 12.1 Å². The molecule has 0 bridgehead atoms. The molecule has 242 valence electrons. The van der Waals surface area contributed by atoms with Crippen LogP contribution in [0.15, 0.2) is 59.0 Å². The molecule has 0 saturated heterocycles. The van der Waals surface area contributed by atoms with Gasteiger partial charge in [0.25, 0.3) is 5.56 Å². The van der Waals surface area contributed by atoms with E-state index in [-0.39, 0.29) is 30.1 Å². The van der Waals surface area contributed by atoms with Crippen LogP contribution in [0.1, 0.15) is 33.0 Å². The van der Waals surface area contributed by atoms with E-state index >= 15 is 0 Å². The fourth-order valence-corrected chi connectivity index (χ4v) is 6.69. The molecule has 0 amide bonds. The van der Waals surface area contributed by atoms with Gasteiger partial charge in [0.2, 0.25) is 0 Å². The number of carboxylic acid groups (broad SMARTS) is 1. The third kappa shape index (κ3) is 5.71. The highest BCUT2D eigenvalue weighted by Crippen LogP contribution is 2.43. The van der Waals surface area contributed by atoms with Crippen molar-refractivity contribution in [3.8, 4) is 34.1 Å². The highest BCUT2D eigenvalue weighted by atomic mass is 35.5. The van der Waals surface area contributed by atoms with E-state index in [4.69, 9.17) is 16.3 Å². The van der Waals surface area contributed by atoms with Gasteiger partial charge in [-0.1, -0.05) is 11.6 Å². The molecule has 0 saturated carbocycles. The lowest BCUT2D eigenvalue weighted by Gasteiger charge is -2.18. The van der Waals surface area contributed by atoms with Crippen molar-refractivity contribution in [1.29, 1.82) is 5.26 Å². The lowest BCUT2D eigenvalue weighted by atomic mass is 9.92. The van der Waals surface area contributed by atoms with Crippen LogP contribution >= 0.6 is 22.9 Å². The largest absolute Gasteiger partial charge is 0.491 e. The molecule has 0 fully saturated rings. The maximum Gasteiger partial charge on any atom is 0.417 e. The van der Waals surface area contributed by atoms with Gasteiger partial charge in [-0.2, -0.15) is 18.4 Å². The summed E-state index contributed by atoms with van der Waals surface area (Å²) in [6, 6.07) is 9.78. The number of pyridine rings is 2. The summed E-state index contributed by atoms with van der Waals surface area (Å²) in [5.41, 5.74) is -2.53. The number of ether oxygens (including phenoxy) is 1. The first-order valence-electron chi connectivity index (χ1n) is 14.0. The summed E-state index contributed by atoms with van der Waals surface area (Å²) in [5.74, 6) is -1.78. The number of nitrogens with zero attached hydrogens (tertiary/aromatic N) is 5. The van der Waals surface area contributed by atoms with Gasteiger partial charge < -0.3 is 9.84 Å². The summed E-state index contributed by atoms with van der Waals surface area (Å²) in [4.78, 5) is 37.9. The van der Waals surface area contributed by atoms with Crippen molar-refractivity contribution in [3.05, 3.63) is 104 Å². The zero-order chi connectivity index (χ0) is 34.5. The Morgan fingerprint density at radius 1 is 1.12 bits per heavy atom. The number of benzene rings is 2. The van der Waals surface area contributed by atoms with Crippen LogP contribution < -0.4 is 10.3 Å². The summed E-state index contributed by atoms with van der Waals surface area (Å²) < 4.78 is 65.3. The van der Waals surface area contributed by atoms with Crippen molar-refractivity contribution in [3.63, 3.8) is 0 Å². The fraction of sp³-hybridized carbons (Fsp3) is 0.152. The second-order valence-corrected chi connectivity index (χ2v) is 11.9. The number of fused-ring (bicyclic) bond motifs is 2. The van der Waals surface area contributed by atoms with Gasteiger partial charge in [-0.15, -0.1) is 11.3 Å². The second kappa shape index (κ2) is 12.3. The number of hydrogen-bond donors (Lipinski definition) is 1. The molecular formula is C33H20ClF4N5O4S. The maximum atomic E-state index is 14.8. The minimum Gasteiger partial charge on any atom is -0.491 e. The topological polar surface area (TPSA) is 131 Å². The van der Waals surface area contributed by atoms with Gasteiger partial charge in [-0.25, -0.2) is 14.2 Å². The summed E-state index contributed by atoms with van der Waals surface area (Å²) in [5, 5.41) is 21.1. The average molecular weight is 694 g/mol. The van der Waals surface area contributed by atoms with E-state index in [0.717, 1.165) is 23.0 Å². The Balaban J connectivity index is 1.42. The number of halogens is 5. The molecule has 48 heavy (non-hydrogen) atoms. The molecule has 0 aliphatic carbocycles. The van der Waals surface area contributed by atoms with Crippen LogP contribution in [0.4, 0.5) is 17.6 Å². The van der Waals surface area contributed by atoms with Crippen molar-refractivity contribution >= 4 is 50.0 Å². The number of alkyl halides is 3. The van der Waals surface area contributed by atoms with Crippen molar-refractivity contribution in [2.24, 2.45) is 0 Å². The van der Waals surface area contributed by atoms with Gasteiger partial charge in [-0.3, -0.25) is 19.3 Å². The summed E-state index contributed by atoms with van der Waals surface area (Å²) in [7, 11) is 0. The molecule has 15 heteroatoms. The molecule has 2 aromatic carbocycles. The minimum atomic E-state index is -5.01. The quantitative estimate of drug-likeness (QED) is 0.168. The van der Waals surface area contributed by atoms with E-state index in [1.165, 1.54) is 23.6 Å². The number of nitriles is 1. The highest BCUT2D eigenvalue weighted by molar-refractivity contribution is 7.18.